The lowest BCUT2D eigenvalue weighted by atomic mass is 9.98. The summed E-state index contributed by atoms with van der Waals surface area (Å²) < 4.78 is 0. The lowest BCUT2D eigenvalue weighted by Crippen LogP contribution is -2.20. The highest BCUT2D eigenvalue weighted by Gasteiger charge is 2.24. The van der Waals surface area contributed by atoms with E-state index in [1.54, 1.807) is 0 Å². The first-order valence-corrected chi connectivity index (χ1v) is 5.16. The maximum Gasteiger partial charge on any atom is 0.223 e. The van der Waals surface area contributed by atoms with Gasteiger partial charge in [0.25, 0.3) is 0 Å². The number of carbonyl (C=O) groups is 1. The topological polar surface area (TPSA) is 29.1 Å². The molecule has 0 unspecified atom stereocenters. The fourth-order valence-corrected chi connectivity index (χ4v) is 1.98. The molecule has 2 nitrogen and oxygen atoms in total. The van der Waals surface area contributed by atoms with E-state index in [2.05, 4.69) is 5.32 Å². The van der Waals surface area contributed by atoms with Crippen molar-refractivity contribution < 1.29 is 4.79 Å². The Morgan fingerprint density at radius 1 is 1.43 bits per heavy atom. The number of amides is 1. The van der Waals surface area contributed by atoms with Gasteiger partial charge in [-0.1, -0.05) is 29.8 Å². The number of hydrogen-bond acceptors (Lipinski definition) is 1. The van der Waals surface area contributed by atoms with E-state index in [0.29, 0.717) is 0 Å². The molecule has 1 N–H and O–H groups in total. The van der Waals surface area contributed by atoms with Gasteiger partial charge in [-0.3, -0.25) is 4.79 Å². The molecule has 0 aliphatic carbocycles. The van der Waals surface area contributed by atoms with Crippen LogP contribution in [0.25, 0.3) is 0 Å². The van der Waals surface area contributed by atoms with Gasteiger partial charge in [0.2, 0.25) is 5.91 Å². The predicted octanol–water partition coefficient (Wildman–Crippen LogP) is 2.02. The Bertz CT molecular complexity index is 351. The summed E-state index contributed by atoms with van der Waals surface area (Å²) in [5.74, 6) is 0.264. The van der Waals surface area contributed by atoms with Gasteiger partial charge in [-0.05, 0) is 24.5 Å². The highest BCUT2D eigenvalue weighted by molar-refractivity contribution is 6.31. The van der Waals surface area contributed by atoms with Gasteiger partial charge in [-0.25, -0.2) is 0 Å². The summed E-state index contributed by atoms with van der Waals surface area (Å²) in [4.78, 5) is 11.3. The second-order valence-corrected chi connectivity index (χ2v) is 3.98. The molecule has 0 saturated carbocycles. The summed E-state index contributed by atoms with van der Waals surface area (Å²) in [7, 11) is 0. The van der Waals surface area contributed by atoms with Crippen molar-refractivity contribution in [3.05, 3.63) is 34.9 Å². The molecular weight excluding hydrogens is 198 g/mol. The summed E-state index contributed by atoms with van der Waals surface area (Å²) in [5, 5.41) is 3.58. The molecule has 1 aliphatic rings. The molecule has 1 amide bonds. The van der Waals surface area contributed by atoms with Gasteiger partial charge in [0, 0.05) is 17.5 Å². The minimum atomic E-state index is 0.106. The quantitative estimate of drug-likeness (QED) is 0.794. The van der Waals surface area contributed by atoms with E-state index in [9.17, 15) is 4.79 Å². The molecule has 1 aliphatic heterocycles. The van der Waals surface area contributed by atoms with Crippen LogP contribution in [0.5, 0.6) is 0 Å². The van der Waals surface area contributed by atoms with Gasteiger partial charge in [0.05, 0.1) is 0 Å². The van der Waals surface area contributed by atoms with Crippen LogP contribution >= 0.6 is 11.6 Å². The van der Waals surface area contributed by atoms with Crippen molar-refractivity contribution in [1.82, 2.24) is 5.32 Å². The summed E-state index contributed by atoms with van der Waals surface area (Å²) in [6, 6.07) is 7.70. The van der Waals surface area contributed by atoms with Crippen molar-refractivity contribution >= 4 is 17.5 Å². The van der Waals surface area contributed by atoms with Gasteiger partial charge >= 0.3 is 0 Å². The van der Waals surface area contributed by atoms with Gasteiger partial charge in [-0.15, -0.1) is 0 Å². The fourth-order valence-electron chi connectivity index (χ4n) is 1.77. The SMILES string of the molecule is O=C1NCC[C@@H]1Cc1ccccc1Cl. The molecule has 2 rings (SSSR count). The third kappa shape index (κ3) is 1.90. The Hall–Kier alpha value is -1.02. The minimum Gasteiger partial charge on any atom is -0.356 e. The molecule has 0 aromatic heterocycles. The lowest BCUT2D eigenvalue weighted by molar-refractivity contribution is -0.122. The summed E-state index contributed by atoms with van der Waals surface area (Å²) >= 11 is 6.02. The van der Waals surface area contributed by atoms with Crippen LogP contribution in [0.3, 0.4) is 0 Å². The Kier molecular flexibility index (Phi) is 2.73. The van der Waals surface area contributed by atoms with Crippen LogP contribution in [0, 0.1) is 5.92 Å². The first kappa shape index (κ1) is 9.53. The van der Waals surface area contributed by atoms with Crippen molar-refractivity contribution in [3.63, 3.8) is 0 Å². The van der Waals surface area contributed by atoms with Gasteiger partial charge in [0.15, 0.2) is 0 Å². The van der Waals surface area contributed by atoms with E-state index < -0.39 is 0 Å². The molecule has 1 heterocycles. The highest BCUT2D eigenvalue weighted by atomic mass is 35.5. The molecule has 1 saturated heterocycles. The van der Waals surface area contributed by atoms with Crippen LogP contribution in [0.15, 0.2) is 24.3 Å². The van der Waals surface area contributed by atoms with Crippen LogP contribution in [0.2, 0.25) is 5.02 Å². The van der Waals surface area contributed by atoms with Crippen LogP contribution in [-0.4, -0.2) is 12.5 Å². The molecule has 14 heavy (non-hydrogen) atoms. The van der Waals surface area contributed by atoms with E-state index in [1.807, 2.05) is 24.3 Å². The van der Waals surface area contributed by atoms with Crippen molar-refractivity contribution in [3.8, 4) is 0 Å². The van der Waals surface area contributed by atoms with Crippen molar-refractivity contribution in [2.24, 2.45) is 5.92 Å². The summed E-state index contributed by atoms with van der Waals surface area (Å²) in [6.45, 7) is 0.800. The number of benzene rings is 1. The molecule has 0 bridgehead atoms. The maximum atomic E-state index is 11.3. The molecule has 1 fully saturated rings. The molecule has 1 aromatic rings. The largest absolute Gasteiger partial charge is 0.356 e. The molecule has 0 radical (unpaired) electrons. The Balaban J connectivity index is 2.10. The number of hydrogen-bond donors (Lipinski definition) is 1. The van der Waals surface area contributed by atoms with Crippen LogP contribution < -0.4 is 5.32 Å². The molecule has 1 atom stereocenters. The zero-order chi connectivity index (χ0) is 9.97. The van der Waals surface area contributed by atoms with Crippen LogP contribution in [0.1, 0.15) is 12.0 Å². The Morgan fingerprint density at radius 3 is 2.86 bits per heavy atom. The molecule has 3 heteroatoms. The predicted molar refractivity (Wildman–Crippen MR) is 56.3 cm³/mol. The number of nitrogens with one attached hydrogen (secondary N) is 1. The van der Waals surface area contributed by atoms with Gasteiger partial charge < -0.3 is 5.32 Å². The number of carbonyl (C=O) groups excluding carboxylic acids is 1. The smallest absolute Gasteiger partial charge is 0.223 e. The lowest BCUT2D eigenvalue weighted by Gasteiger charge is -2.07. The third-order valence-corrected chi connectivity index (χ3v) is 2.96. The monoisotopic (exact) mass is 209 g/mol. The minimum absolute atomic E-state index is 0.106. The Labute approximate surface area is 88.3 Å². The van der Waals surface area contributed by atoms with Gasteiger partial charge in [-0.2, -0.15) is 0 Å². The van der Waals surface area contributed by atoms with E-state index in [0.717, 1.165) is 30.0 Å². The first-order valence-electron chi connectivity index (χ1n) is 4.78. The van der Waals surface area contributed by atoms with Crippen molar-refractivity contribution in [2.45, 2.75) is 12.8 Å². The third-order valence-electron chi connectivity index (χ3n) is 2.59. The molecule has 0 spiro atoms. The van der Waals surface area contributed by atoms with Crippen molar-refractivity contribution in [1.29, 1.82) is 0 Å². The van der Waals surface area contributed by atoms with E-state index in [4.69, 9.17) is 11.6 Å². The van der Waals surface area contributed by atoms with E-state index in [1.165, 1.54) is 0 Å². The average molecular weight is 210 g/mol. The second kappa shape index (κ2) is 4.01. The molecule has 1 aromatic carbocycles. The van der Waals surface area contributed by atoms with E-state index in [-0.39, 0.29) is 11.8 Å². The average Bonchev–Trinajstić information content (AvgIpc) is 2.56. The van der Waals surface area contributed by atoms with Crippen LogP contribution in [0.4, 0.5) is 0 Å². The molecular formula is C11H12ClNO. The fraction of sp³-hybridized carbons (Fsp3) is 0.364. The summed E-state index contributed by atoms with van der Waals surface area (Å²) in [6.07, 6.45) is 1.68. The van der Waals surface area contributed by atoms with Gasteiger partial charge in [0.1, 0.15) is 0 Å². The Morgan fingerprint density at radius 2 is 2.21 bits per heavy atom. The number of halogens is 1. The maximum absolute atomic E-state index is 11.3. The van der Waals surface area contributed by atoms with Crippen molar-refractivity contribution in [2.75, 3.05) is 6.54 Å². The number of rotatable bonds is 2. The highest BCUT2D eigenvalue weighted by Crippen LogP contribution is 2.22. The standard InChI is InChI=1S/C11H12ClNO/c12-10-4-2-1-3-8(10)7-9-5-6-13-11(9)14/h1-4,9H,5-7H2,(H,13,14)/t9-/m1/s1. The first-order chi connectivity index (χ1) is 6.77. The zero-order valence-electron chi connectivity index (χ0n) is 7.79. The summed E-state index contributed by atoms with van der Waals surface area (Å²) in [5.41, 5.74) is 1.07. The zero-order valence-corrected chi connectivity index (χ0v) is 8.55. The molecule has 74 valence electrons. The van der Waals surface area contributed by atoms with E-state index >= 15 is 0 Å². The van der Waals surface area contributed by atoms with Crippen LogP contribution in [-0.2, 0) is 11.2 Å². The second-order valence-electron chi connectivity index (χ2n) is 3.57. The normalized spacial score (nSPS) is 20.9.